The summed E-state index contributed by atoms with van der Waals surface area (Å²) in [7, 11) is 1.67. The van der Waals surface area contributed by atoms with Gasteiger partial charge in [0.2, 0.25) is 5.95 Å². The van der Waals surface area contributed by atoms with Crippen LogP contribution in [0.15, 0.2) is 48.8 Å². The topological polar surface area (TPSA) is 92.1 Å². The number of aryl methyl sites for hydroxylation is 1. The Labute approximate surface area is 133 Å². The minimum Gasteiger partial charge on any atom is -0.387 e. The summed E-state index contributed by atoms with van der Waals surface area (Å²) < 4.78 is 1.44. The first kappa shape index (κ1) is 15.0. The predicted octanol–water partition coefficient (Wildman–Crippen LogP) is 1.82. The number of nitrogens with one attached hydrogen (secondary N) is 2. The molecule has 0 bridgehead atoms. The molecule has 0 fully saturated rings. The third kappa shape index (κ3) is 3.46. The van der Waals surface area contributed by atoms with Crippen LogP contribution in [-0.2, 0) is 7.05 Å². The van der Waals surface area contributed by atoms with Crippen LogP contribution in [0.2, 0.25) is 0 Å². The zero-order valence-corrected chi connectivity index (χ0v) is 12.6. The van der Waals surface area contributed by atoms with Gasteiger partial charge in [-0.15, -0.1) is 0 Å². The summed E-state index contributed by atoms with van der Waals surface area (Å²) in [5.74, 6) is 0.336. The van der Waals surface area contributed by atoms with Gasteiger partial charge in [-0.05, 0) is 22.4 Å². The molecule has 0 aliphatic carbocycles. The van der Waals surface area contributed by atoms with E-state index in [9.17, 15) is 9.90 Å². The number of amides is 2. The standard InChI is InChI=1S/C16H17N5O2/c1-21-15(18-10-19-21)20-16(23)17-9-14(22)13-7-6-11-4-2-3-5-12(11)8-13/h2-8,10,14,22H,9H2,1H3,(H2,17,18,19,20,23). The lowest BCUT2D eigenvalue weighted by Gasteiger charge is -2.13. The van der Waals surface area contributed by atoms with E-state index in [1.54, 1.807) is 7.05 Å². The maximum absolute atomic E-state index is 11.8. The first-order valence-corrected chi connectivity index (χ1v) is 7.19. The van der Waals surface area contributed by atoms with E-state index in [-0.39, 0.29) is 6.54 Å². The van der Waals surface area contributed by atoms with Gasteiger partial charge in [0, 0.05) is 13.6 Å². The molecule has 3 aromatic rings. The molecule has 1 atom stereocenters. The number of anilines is 1. The molecular weight excluding hydrogens is 294 g/mol. The summed E-state index contributed by atoms with van der Waals surface area (Å²) in [5, 5.41) is 21.4. The summed E-state index contributed by atoms with van der Waals surface area (Å²) >= 11 is 0. The molecule has 0 radical (unpaired) electrons. The van der Waals surface area contributed by atoms with Gasteiger partial charge in [0.25, 0.3) is 0 Å². The Hall–Kier alpha value is -2.93. The summed E-state index contributed by atoms with van der Waals surface area (Å²) in [4.78, 5) is 15.7. The maximum atomic E-state index is 11.8. The van der Waals surface area contributed by atoms with Crippen molar-refractivity contribution in [3.05, 3.63) is 54.4 Å². The van der Waals surface area contributed by atoms with Crippen LogP contribution in [0.1, 0.15) is 11.7 Å². The van der Waals surface area contributed by atoms with Crippen molar-refractivity contribution in [1.29, 1.82) is 0 Å². The Bertz CT molecular complexity index is 830. The van der Waals surface area contributed by atoms with Crippen LogP contribution in [0, 0.1) is 0 Å². The highest BCUT2D eigenvalue weighted by molar-refractivity contribution is 5.87. The molecule has 1 aromatic heterocycles. The number of nitrogens with zero attached hydrogens (tertiary/aromatic N) is 3. The quantitative estimate of drug-likeness (QED) is 0.685. The average molecular weight is 311 g/mol. The van der Waals surface area contributed by atoms with Crippen LogP contribution in [0.5, 0.6) is 0 Å². The summed E-state index contributed by atoms with van der Waals surface area (Å²) in [6, 6.07) is 13.2. The number of urea groups is 1. The molecule has 1 heterocycles. The second-order valence-electron chi connectivity index (χ2n) is 5.16. The van der Waals surface area contributed by atoms with Crippen molar-refractivity contribution in [1.82, 2.24) is 20.1 Å². The molecule has 1 unspecified atom stereocenters. The minimum atomic E-state index is -0.787. The highest BCUT2D eigenvalue weighted by Gasteiger charge is 2.11. The molecule has 7 nitrogen and oxygen atoms in total. The first-order valence-electron chi connectivity index (χ1n) is 7.19. The molecule has 7 heteroatoms. The summed E-state index contributed by atoms with van der Waals surface area (Å²) in [6.45, 7) is 0.0992. The van der Waals surface area contributed by atoms with Crippen molar-refractivity contribution < 1.29 is 9.90 Å². The molecule has 0 spiro atoms. The van der Waals surface area contributed by atoms with Gasteiger partial charge < -0.3 is 10.4 Å². The van der Waals surface area contributed by atoms with Gasteiger partial charge in [-0.25, -0.2) is 9.48 Å². The second-order valence-corrected chi connectivity index (χ2v) is 5.16. The number of fused-ring (bicyclic) bond motifs is 1. The Kier molecular flexibility index (Phi) is 4.20. The van der Waals surface area contributed by atoms with E-state index in [1.807, 2.05) is 42.5 Å². The Balaban J connectivity index is 1.60. The van der Waals surface area contributed by atoms with Crippen molar-refractivity contribution in [3.8, 4) is 0 Å². The lowest BCUT2D eigenvalue weighted by molar-refractivity contribution is 0.175. The van der Waals surface area contributed by atoms with Gasteiger partial charge in [0.15, 0.2) is 0 Å². The van der Waals surface area contributed by atoms with E-state index in [2.05, 4.69) is 20.7 Å². The molecule has 0 aliphatic rings. The van der Waals surface area contributed by atoms with Crippen LogP contribution in [0.4, 0.5) is 10.7 Å². The SMILES string of the molecule is Cn1ncnc1NC(=O)NCC(O)c1ccc2ccccc2c1. The van der Waals surface area contributed by atoms with Gasteiger partial charge >= 0.3 is 6.03 Å². The van der Waals surface area contributed by atoms with Crippen LogP contribution in [0.3, 0.4) is 0 Å². The molecule has 3 N–H and O–H groups in total. The molecule has 0 aliphatic heterocycles. The van der Waals surface area contributed by atoms with Crippen molar-refractivity contribution in [2.45, 2.75) is 6.10 Å². The molecule has 23 heavy (non-hydrogen) atoms. The van der Waals surface area contributed by atoms with Crippen molar-refractivity contribution in [2.75, 3.05) is 11.9 Å². The van der Waals surface area contributed by atoms with Crippen LogP contribution in [-0.4, -0.2) is 32.4 Å². The van der Waals surface area contributed by atoms with Gasteiger partial charge in [-0.3, -0.25) is 5.32 Å². The molecule has 0 saturated heterocycles. The number of aliphatic hydroxyl groups is 1. The predicted molar refractivity (Wildman–Crippen MR) is 86.9 cm³/mol. The molecule has 0 saturated carbocycles. The number of aliphatic hydroxyl groups excluding tert-OH is 1. The number of hydrogen-bond donors (Lipinski definition) is 3. The summed E-state index contributed by atoms with van der Waals surface area (Å²) in [5.41, 5.74) is 0.752. The number of hydrogen-bond acceptors (Lipinski definition) is 4. The molecular formula is C16H17N5O2. The average Bonchev–Trinajstić information content (AvgIpc) is 2.97. The molecule has 118 valence electrons. The van der Waals surface area contributed by atoms with Gasteiger partial charge in [-0.1, -0.05) is 36.4 Å². The van der Waals surface area contributed by atoms with E-state index in [1.165, 1.54) is 11.0 Å². The maximum Gasteiger partial charge on any atom is 0.321 e. The minimum absolute atomic E-state index is 0.0992. The van der Waals surface area contributed by atoms with Crippen LogP contribution >= 0.6 is 0 Å². The van der Waals surface area contributed by atoms with Gasteiger partial charge in [0.1, 0.15) is 6.33 Å². The normalized spacial score (nSPS) is 12.1. The van der Waals surface area contributed by atoms with Gasteiger partial charge in [0.05, 0.1) is 6.10 Å². The smallest absolute Gasteiger partial charge is 0.321 e. The van der Waals surface area contributed by atoms with Gasteiger partial charge in [-0.2, -0.15) is 10.1 Å². The second kappa shape index (κ2) is 6.45. The lowest BCUT2D eigenvalue weighted by atomic mass is 10.0. The number of rotatable bonds is 4. The van der Waals surface area contributed by atoms with E-state index < -0.39 is 12.1 Å². The Morgan fingerprint density at radius 1 is 1.26 bits per heavy atom. The number of carbonyl (C=O) groups excluding carboxylic acids is 1. The largest absolute Gasteiger partial charge is 0.387 e. The van der Waals surface area contributed by atoms with E-state index in [0.29, 0.717) is 5.95 Å². The number of aromatic nitrogens is 3. The fourth-order valence-electron chi connectivity index (χ4n) is 2.28. The summed E-state index contributed by atoms with van der Waals surface area (Å²) in [6.07, 6.45) is 0.560. The fraction of sp³-hybridized carbons (Fsp3) is 0.188. The van der Waals surface area contributed by atoms with Crippen LogP contribution in [0.25, 0.3) is 10.8 Å². The van der Waals surface area contributed by atoms with E-state index in [4.69, 9.17) is 0 Å². The fourth-order valence-corrected chi connectivity index (χ4v) is 2.28. The zero-order chi connectivity index (χ0) is 16.2. The van der Waals surface area contributed by atoms with E-state index >= 15 is 0 Å². The highest BCUT2D eigenvalue weighted by Crippen LogP contribution is 2.20. The third-order valence-electron chi connectivity index (χ3n) is 3.55. The Morgan fingerprint density at radius 3 is 2.78 bits per heavy atom. The molecule has 2 aromatic carbocycles. The lowest BCUT2D eigenvalue weighted by Crippen LogP contribution is -2.33. The zero-order valence-electron chi connectivity index (χ0n) is 12.6. The number of carbonyl (C=O) groups is 1. The molecule has 3 rings (SSSR count). The van der Waals surface area contributed by atoms with Crippen molar-refractivity contribution >= 4 is 22.8 Å². The Morgan fingerprint density at radius 2 is 2.04 bits per heavy atom. The van der Waals surface area contributed by atoms with E-state index in [0.717, 1.165) is 16.3 Å². The number of benzene rings is 2. The monoisotopic (exact) mass is 311 g/mol. The van der Waals surface area contributed by atoms with Crippen molar-refractivity contribution in [3.63, 3.8) is 0 Å². The van der Waals surface area contributed by atoms with Crippen LogP contribution < -0.4 is 10.6 Å². The first-order chi connectivity index (χ1) is 11.1. The third-order valence-corrected chi connectivity index (χ3v) is 3.55. The van der Waals surface area contributed by atoms with Crippen molar-refractivity contribution in [2.24, 2.45) is 7.05 Å². The molecule has 2 amide bonds. The highest BCUT2D eigenvalue weighted by atomic mass is 16.3.